The van der Waals surface area contributed by atoms with Gasteiger partial charge < -0.3 is 15.3 Å². The minimum Gasteiger partial charge on any atom is -0.395 e. The van der Waals surface area contributed by atoms with Gasteiger partial charge in [0.2, 0.25) is 0 Å². The Labute approximate surface area is 109 Å². The van der Waals surface area contributed by atoms with Crippen LogP contribution in [-0.2, 0) is 6.42 Å². The highest BCUT2D eigenvalue weighted by atomic mass is 16.3. The van der Waals surface area contributed by atoms with Crippen molar-refractivity contribution in [1.82, 2.24) is 9.97 Å². The molecule has 2 N–H and O–H groups in total. The van der Waals surface area contributed by atoms with E-state index in [1.165, 1.54) is 0 Å². The van der Waals surface area contributed by atoms with E-state index in [9.17, 15) is 5.11 Å². The van der Waals surface area contributed by atoms with Crippen LogP contribution in [0, 0.1) is 6.92 Å². The maximum Gasteiger partial charge on any atom is 0.137 e. The van der Waals surface area contributed by atoms with Gasteiger partial charge >= 0.3 is 0 Å². The predicted octanol–water partition coefficient (Wildman–Crippen LogP) is 1.60. The average Bonchev–Trinajstić information content (AvgIpc) is 2.36. The normalized spacial score (nSPS) is 10.8. The Hall–Kier alpha value is -1.36. The topological polar surface area (TPSA) is 61.3 Å². The summed E-state index contributed by atoms with van der Waals surface area (Å²) in [6.07, 6.45) is 0.799. The van der Waals surface area contributed by atoms with E-state index in [1.54, 1.807) is 0 Å². The van der Waals surface area contributed by atoms with Gasteiger partial charge in [-0.15, -0.1) is 0 Å². The van der Waals surface area contributed by atoms with Crippen molar-refractivity contribution in [3.63, 3.8) is 0 Å². The second-order valence-electron chi connectivity index (χ2n) is 4.55. The minimum atomic E-state index is 0.123. The van der Waals surface area contributed by atoms with Crippen LogP contribution in [0.1, 0.15) is 32.2 Å². The van der Waals surface area contributed by atoms with Gasteiger partial charge in [0.15, 0.2) is 0 Å². The molecular formula is C13H24N4O. The zero-order valence-electron chi connectivity index (χ0n) is 12.0. The maximum atomic E-state index is 9.19. The summed E-state index contributed by atoms with van der Waals surface area (Å²) in [5, 5.41) is 12.3. The molecule has 1 aromatic rings. The van der Waals surface area contributed by atoms with Crippen LogP contribution in [-0.4, -0.2) is 41.3 Å². The van der Waals surface area contributed by atoms with Gasteiger partial charge in [-0.05, 0) is 20.8 Å². The number of nitrogens with one attached hydrogen (secondary N) is 1. The lowest BCUT2D eigenvalue weighted by atomic mass is 10.2. The van der Waals surface area contributed by atoms with Crippen molar-refractivity contribution in [2.24, 2.45) is 0 Å². The summed E-state index contributed by atoms with van der Waals surface area (Å²) in [5.74, 6) is 2.60. The Morgan fingerprint density at radius 1 is 1.33 bits per heavy atom. The molecule has 1 aromatic heterocycles. The molecule has 0 aliphatic rings. The molecule has 1 rings (SSSR count). The molecule has 5 heteroatoms. The average molecular weight is 252 g/mol. The highest BCUT2D eigenvalue weighted by Gasteiger charge is 2.17. The lowest BCUT2D eigenvalue weighted by Crippen LogP contribution is -2.35. The van der Waals surface area contributed by atoms with Crippen molar-refractivity contribution >= 4 is 11.6 Å². The SMILES string of the molecule is CCc1nc(NC)c(C)c(N(CCO)C(C)C)n1. The zero-order chi connectivity index (χ0) is 13.7. The number of aryl methyl sites for hydroxylation is 1. The number of aliphatic hydroxyl groups excluding tert-OH is 1. The molecule has 0 atom stereocenters. The molecule has 0 aromatic carbocycles. The number of rotatable bonds is 6. The van der Waals surface area contributed by atoms with E-state index >= 15 is 0 Å². The Morgan fingerprint density at radius 3 is 2.44 bits per heavy atom. The molecule has 0 spiro atoms. The summed E-state index contributed by atoms with van der Waals surface area (Å²) >= 11 is 0. The van der Waals surface area contributed by atoms with Crippen molar-refractivity contribution in [2.45, 2.75) is 40.2 Å². The van der Waals surface area contributed by atoms with Gasteiger partial charge in [0, 0.05) is 31.6 Å². The molecule has 0 aliphatic heterocycles. The summed E-state index contributed by atoms with van der Waals surface area (Å²) in [5.41, 5.74) is 1.02. The molecule has 0 saturated heterocycles. The van der Waals surface area contributed by atoms with Gasteiger partial charge in [-0.25, -0.2) is 9.97 Å². The van der Waals surface area contributed by atoms with Gasteiger partial charge in [0.1, 0.15) is 17.5 Å². The molecule has 0 bridgehead atoms. The molecule has 0 radical (unpaired) electrons. The first-order chi connectivity index (χ1) is 8.54. The van der Waals surface area contributed by atoms with Crippen LogP contribution in [0.2, 0.25) is 0 Å². The fourth-order valence-corrected chi connectivity index (χ4v) is 1.95. The molecule has 0 unspecified atom stereocenters. The number of aromatic nitrogens is 2. The number of aliphatic hydroxyl groups is 1. The fraction of sp³-hybridized carbons (Fsp3) is 0.692. The first-order valence-corrected chi connectivity index (χ1v) is 6.47. The molecular weight excluding hydrogens is 228 g/mol. The third kappa shape index (κ3) is 3.10. The van der Waals surface area contributed by atoms with Gasteiger partial charge in [-0.3, -0.25) is 0 Å². The first-order valence-electron chi connectivity index (χ1n) is 6.47. The third-order valence-electron chi connectivity index (χ3n) is 2.96. The van der Waals surface area contributed by atoms with Crippen LogP contribution in [0.15, 0.2) is 0 Å². The highest BCUT2D eigenvalue weighted by molar-refractivity contribution is 5.58. The van der Waals surface area contributed by atoms with Crippen molar-refractivity contribution in [1.29, 1.82) is 0 Å². The standard InChI is InChI=1S/C13H24N4O/c1-6-11-15-12(14-5)10(4)13(16-11)17(7-8-18)9(2)3/h9,18H,6-8H2,1-5H3,(H,14,15,16). The number of hydrogen-bond acceptors (Lipinski definition) is 5. The van der Waals surface area contributed by atoms with Crippen molar-refractivity contribution in [3.8, 4) is 0 Å². The second-order valence-corrected chi connectivity index (χ2v) is 4.55. The van der Waals surface area contributed by atoms with Crippen molar-refractivity contribution < 1.29 is 5.11 Å². The Kier molecular flexibility index (Phi) is 5.34. The van der Waals surface area contributed by atoms with E-state index in [-0.39, 0.29) is 6.61 Å². The van der Waals surface area contributed by atoms with Crippen LogP contribution < -0.4 is 10.2 Å². The second kappa shape index (κ2) is 6.54. The van der Waals surface area contributed by atoms with Crippen LogP contribution in [0.25, 0.3) is 0 Å². The highest BCUT2D eigenvalue weighted by Crippen LogP contribution is 2.24. The van der Waals surface area contributed by atoms with Crippen molar-refractivity contribution in [2.75, 3.05) is 30.4 Å². The molecule has 0 fully saturated rings. The molecule has 0 saturated carbocycles. The summed E-state index contributed by atoms with van der Waals surface area (Å²) in [6.45, 7) is 8.95. The first kappa shape index (κ1) is 14.7. The van der Waals surface area contributed by atoms with E-state index in [0.717, 1.165) is 29.4 Å². The van der Waals surface area contributed by atoms with Crippen LogP contribution in [0.5, 0.6) is 0 Å². The minimum absolute atomic E-state index is 0.123. The van der Waals surface area contributed by atoms with Gasteiger partial charge in [-0.1, -0.05) is 6.92 Å². The lowest BCUT2D eigenvalue weighted by molar-refractivity contribution is 0.298. The largest absolute Gasteiger partial charge is 0.395 e. The monoisotopic (exact) mass is 252 g/mol. The molecule has 0 amide bonds. The fourth-order valence-electron chi connectivity index (χ4n) is 1.95. The summed E-state index contributed by atoms with van der Waals surface area (Å²) in [7, 11) is 1.87. The van der Waals surface area contributed by atoms with E-state index in [4.69, 9.17) is 0 Å². The molecule has 5 nitrogen and oxygen atoms in total. The predicted molar refractivity (Wildman–Crippen MR) is 75.3 cm³/mol. The Bertz CT molecular complexity index is 393. The van der Waals surface area contributed by atoms with Crippen LogP contribution >= 0.6 is 0 Å². The van der Waals surface area contributed by atoms with Gasteiger partial charge in [-0.2, -0.15) is 0 Å². The molecule has 1 heterocycles. The maximum absolute atomic E-state index is 9.19. The zero-order valence-corrected chi connectivity index (χ0v) is 12.0. The summed E-state index contributed by atoms with van der Waals surface area (Å²) in [6, 6.07) is 0.292. The molecule has 102 valence electrons. The Morgan fingerprint density at radius 2 is 2.00 bits per heavy atom. The molecule has 0 aliphatic carbocycles. The Balaban J connectivity index is 3.26. The summed E-state index contributed by atoms with van der Waals surface area (Å²) in [4.78, 5) is 11.2. The molecule has 18 heavy (non-hydrogen) atoms. The van der Waals surface area contributed by atoms with Crippen LogP contribution in [0.4, 0.5) is 11.6 Å². The summed E-state index contributed by atoms with van der Waals surface area (Å²) < 4.78 is 0. The third-order valence-corrected chi connectivity index (χ3v) is 2.96. The number of hydrogen-bond donors (Lipinski definition) is 2. The number of anilines is 2. The van der Waals surface area contributed by atoms with E-state index in [1.807, 2.05) is 20.9 Å². The van der Waals surface area contributed by atoms with E-state index in [0.29, 0.717) is 12.6 Å². The van der Waals surface area contributed by atoms with Crippen LogP contribution in [0.3, 0.4) is 0 Å². The van der Waals surface area contributed by atoms with Gasteiger partial charge in [0.05, 0.1) is 6.61 Å². The van der Waals surface area contributed by atoms with Crippen molar-refractivity contribution in [3.05, 3.63) is 11.4 Å². The van der Waals surface area contributed by atoms with Gasteiger partial charge in [0.25, 0.3) is 0 Å². The number of nitrogens with zero attached hydrogens (tertiary/aromatic N) is 3. The lowest BCUT2D eigenvalue weighted by Gasteiger charge is -2.29. The van der Waals surface area contributed by atoms with E-state index in [2.05, 4.69) is 34.0 Å². The smallest absolute Gasteiger partial charge is 0.137 e. The quantitative estimate of drug-likeness (QED) is 0.805. The van der Waals surface area contributed by atoms with E-state index < -0.39 is 0 Å².